The van der Waals surface area contributed by atoms with E-state index < -0.39 is 0 Å². The number of rotatable bonds is 7. The van der Waals surface area contributed by atoms with Gasteiger partial charge in [0.05, 0.1) is 6.61 Å². The van der Waals surface area contributed by atoms with Crippen molar-refractivity contribution in [2.75, 3.05) is 25.1 Å². The standard InChI is InChI=1S/C14H23NO2/c1-3-14(2,11-17)10-15-13-6-4-12(5-7-13)8-9-16/h4-7,15-17H,3,8-11H2,1-2H3. The van der Waals surface area contributed by atoms with E-state index in [2.05, 4.69) is 19.2 Å². The maximum Gasteiger partial charge on any atom is 0.0501 e. The summed E-state index contributed by atoms with van der Waals surface area (Å²) in [6, 6.07) is 8.05. The molecule has 1 unspecified atom stereocenters. The number of aliphatic hydroxyl groups is 2. The third-order valence-electron chi connectivity index (χ3n) is 3.31. The van der Waals surface area contributed by atoms with Crippen LogP contribution < -0.4 is 5.32 Å². The summed E-state index contributed by atoms with van der Waals surface area (Å²) in [4.78, 5) is 0. The fourth-order valence-electron chi connectivity index (χ4n) is 1.53. The van der Waals surface area contributed by atoms with Crippen LogP contribution in [0.2, 0.25) is 0 Å². The SMILES string of the molecule is CCC(C)(CO)CNc1ccc(CCO)cc1. The molecule has 0 aliphatic carbocycles. The molecule has 0 heterocycles. The molecule has 0 spiro atoms. The average Bonchev–Trinajstić information content (AvgIpc) is 2.38. The molecule has 3 nitrogen and oxygen atoms in total. The number of aliphatic hydroxyl groups excluding tert-OH is 2. The first kappa shape index (κ1) is 14.0. The molecular formula is C14H23NO2. The van der Waals surface area contributed by atoms with Crippen LogP contribution in [0, 0.1) is 5.41 Å². The highest BCUT2D eigenvalue weighted by atomic mass is 16.3. The van der Waals surface area contributed by atoms with Gasteiger partial charge in [0.1, 0.15) is 0 Å². The lowest BCUT2D eigenvalue weighted by atomic mass is 9.88. The van der Waals surface area contributed by atoms with E-state index >= 15 is 0 Å². The molecule has 0 amide bonds. The molecule has 96 valence electrons. The van der Waals surface area contributed by atoms with Gasteiger partial charge < -0.3 is 15.5 Å². The highest BCUT2D eigenvalue weighted by molar-refractivity contribution is 5.44. The molecule has 3 N–H and O–H groups in total. The van der Waals surface area contributed by atoms with Crippen molar-refractivity contribution in [1.82, 2.24) is 0 Å². The Kier molecular flexibility index (Phi) is 5.45. The lowest BCUT2D eigenvalue weighted by Gasteiger charge is -2.26. The van der Waals surface area contributed by atoms with Crippen LogP contribution in [0.5, 0.6) is 0 Å². The summed E-state index contributed by atoms with van der Waals surface area (Å²) in [5.74, 6) is 0. The van der Waals surface area contributed by atoms with Crippen LogP contribution in [-0.2, 0) is 6.42 Å². The van der Waals surface area contributed by atoms with Crippen LogP contribution in [-0.4, -0.2) is 30.0 Å². The fraction of sp³-hybridized carbons (Fsp3) is 0.571. The van der Waals surface area contributed by atoms with Gasteiger partial charge in [-0.25, -0.2) is 0 Å². The number of benzene rings is 1. The van der Waals surface area contributed by atoms with Crippen LogP contribution in [0.4, 0.5) is 5.69 Å². The topological polar surface area (TPSA) is 52.5 Å². The molecule has 1 aromatic rings. The summed E-state index contributed by atoms with van der Waals surface area (Å²) >= 11 is 0. The molecule has 0 aliphatic heterocycles. The molecule has 0 fully saturated rings. The molecule has 1 aromatic carbocycles. The van der Waals surface area contributed by atoms with Crippen LogP contribution in [0.3, 0.4) is 0 Å². The molecule has 17 heavy (non-hydrogen) atoms. The second kappa shape index (κ2) is 6.62. The summed E-state index contributed by atoms with van der Waals surface area (Å²) in [5, 5.41) is 21.5. The van der Waals surface area contributed by atoms with E-state index in [1.54, 1.807) is 0 Å². The van der Waals surface area contributed by atoms with Crippen molar-refractivity contribution in [3.05, 3.63) is 29.8 Å². The second-order valence-electron chi connectivity index (χ2n) is 4.85. The zero-order valence-electron chi connectivity index (χ0n) is 10.7. The van der Waals surface area contributed by atoms with Gasteiger partial charge in [-0.15, -0.1) is 0 Å². The molecule has 1 atom stereocenters. The number of nitrogens with one attached hydrogen (secondary N) is 1. The largest absolute Gasteiger partial charge is 0.396 e. The number of hydrogen-bond acceptors (Lipinski definition) is 3. The molecular weight excluding hydrogens is 214 g/mol. The predicted octanol–water partition coefficient (Wildman–Crippen LogP) is 2.04. The average molecular weight is 237 g/mol. The van der Waals surface area contributed by atoms with E-state index in [9.17, 15) is 5.11 Å². The van der Waals surface area contributed by atoms with E-state index in [-0.39, 0.29) is 18.6 Å². The summed E-state index contributed by atoms with van der Waals surface area (Å²) in [5.41, 5.74) is 2.13. The van der Waals surface area contributed by atoms with Gasteiger partial charge in [0.2, 0.25) is 0 Å². The second-order valence-corrected chi connectivity index (χ2v) is 4.85. The summed E-state index contributed by atoms with van der Waals surface area (Å²) < 4.78 is 0. The van der Waals surface area contributed by atoms with Crippen LogP contribution >= 0.6 is 0 Å². The Morgan fingerprint density at radius 2 is 1.82 bits per heavy atom. The van der Waals surface area contributed by atoms with Gasteiger partial charge in [-0.2, -0.15) is 0 Å². The van der Waals surface area contributed by atoms with Gasteiger partial charge in [-0.1, -0.05) is 26.0 Å². The zero-order chi connectivity index (χ0) is 12.7. The van der Waals surface area contributed by atoms with E-state index in [4.69, 9.17) is 5.11 Å². The van der Waals surface area contributed by atoms with Crippen molar-refractivity contribution >= 4 is 5.69 Å². The highest BCUT2D eigenvalue weighted by Gasteiger charge is 2.20. The highest BCUT2D eigenvalue weighted by Crippen LogP contribution is 2.21. The molecule has 0 saturated carbocycles. The van der Waals surface area contributed by atoms with Gasteiger partial charge in [0.15, 0.2) is 0 Å². The van der Waals surface area contributed by atoms with Gasteiger partial charge in [-0.3, -0.25) is 0 Å². The van der Waals surface area contributed by atoms with Crippen LogP contribution in [0.1, 0.15) is 25.8 Å². The Morgan fingerprint density at radius 1 is 1.18 bits per heavy atom. The van der Waals surface area contributed by atoms with Gasteiger partial charge >= 0.3 is 0 Å². The molecule has 0 bridgehead atoms. The number of anilines is 1. The maximum absolute atomic E-state index is 9.31. The summed E-state index contributed by atoms with van der Waals surface area (Å²) in [6.07, 6.45) is 1.64. The Labute approximate surface area is 103 Å². The Morgan fingerprint density at radius 3 is 2.29 bits per heavy atom. The van der Waals surface area contributed by atoms with E-state index in [0.717, 1.165) is 24.2 Å². The first-order valence-corrected chi connectivity index (χ1v) is 6.18. The third-order valence-corrected chi connectivity index (χ3v) is 3.31. The molecule has 0 aliphatic rings. The monoisotopic (exact) mass is 237 g/mol. The minimum Gasteiger partial charge on any atom is -0.396 e. The van der Waals surface area contributed by atoms with Crippen molar-refractivity contribution < 1.29 is 10.2 Å². The first-order chi connectivity index (χ1) is 8.13. The van der Waals surface area contributed by atoms with Gasteiger partial charge in [0.25, 0.3) is 0 Å². The third kappa shape index (κ3) is 4.36. The van der Waals surface area contributed by atoms with E-state index in [0.29, 0.717) is 6.42 Å². The molecule has 1 rings (SSSR count). The van der Waals surface area contributed by atoms with E-state index in [1.165, 1.54) is 0 Å². The summed E-state index contributed by atoms with van der Waals surface area (Å²) in [6.45, 7) is 5.30. The fourth-order valence-corrected chi connectivity index (χ4v) is 1.53. The molecule has 0 saturated heterocycles. The quantitative estimate of drug-likeness (QED) is 0.680. The van der Waals surface area contributed by atoms with Gasteiger partial charge in [0, 0.05) is 24.3 Å². The summed E-state index contributed by atoms with van der Waals surface area (Å²) in [7, 11) is 0. The van der Waals surface area contributed by atoms with Gasteiger partial charge in [-0.05, 0) is 30.5 Å². The zero-order valence-corrected chi connectivity index (χ0v) is 10.7. The normalized spacial score (nSPS) is 14.4. The van der Waals surface area contributed by atoms with Crippen molar-refractivity contribution in [2.45, 2.75) is 26.7 Å². The Bertz CT molecular complexity index is 317. The molecule has 0 aromatic heterocycles. The molecule has 3 heteroatoms. The lowest BCUT2D eigenvalue weighted by Crippen LogP contribution is -2.29. The Balaban J connectivity index is 2.52. The van der Waals surface area contributed by atoms with Crippen molar-refractivity contribution in [3.63, 3.8) is 0 Å². The van der Waals surface area contributed by atoms with Crippen LogP contribution in [0.15, 0.2) is 24.3 Å². The predicted molar refractivity (Wildman–Crippen MR) is 71.2 cm³/mol. The lowest BCUT2D eigenvalue weighted by molar-refractivity contribution is 0.149. The number of hydrogen-bond donors (Lipinski definition) is 3. The van der Waals surface area contributed by atoms with E-state index in [1.807, 2.05) is 24.3 Å². The van der Waals surface area contributed by atoms with Crippen LogP contribution in [0.25, 0.3) is 0 Å². The first-order valence-electron chi connectivity index (χ1n) is 6.18. The maximum atomic E-state index is 9.31. The van der Waals surface area contributed by atoms with Crippen molar-refractivity contribution in [3.8, 4) is 0 Å². The minimum atomic E-state index is -0.0657. The smallest absolute Gasteiger partial charge is 0.0501 e. The van der Waals surface area contributed by atoms with Crippen molar-refractivity contribution in [1.29, 1.82) is 0 Å². The van der Waals surface area contributed by atoms with Crippen molar-refractivity contribution in [2.24, 2.45) is 5.41 Å². The Hall–Kier alpha value is -1.06. The minimum absolute atomic E-state index is 0.0657. The molecule has 0 radical (unpaired) electrons.